The molecule has 1 fully saturated rings. The van der Waals surface area contributed by atoms with Crippen molar-refractivity contribution in [2.75, 3.05) is 37.6 Å². The van der Waals surface area contributed by atoms with Crippen molar-refractivity contribution >= 4 is 11.6 Å². The first-order chi connectivity index (χ1) is 13.0. The zero-order chi connectivity index (χ0) is 19.2. The number of aryl methyl sites for hydroxylation is 1. The monoisotopic (exact) mass is 367 g/mol. The number of piperazine rings is 1. The van der Waals surface area contributed by atoms with E-state index in [1.807, 2.05) is 19.1 Å². The van der Waals surface area contributed by atoms with E-state index >= 15 is 0 Å². The molecule has 1 heterocycles. The summed E-state index contributed by atoms with van der Waals surface area (Å²) in [7, 11) is 0. The van der Waals surface area contributed by atoms with E-state index in [1.54, 1.807) is 12.1 Å². The smallest absolute Gasteiger partial charge is 0.234 e. The molecule has 1 amide bonds. The predicted octanol–water partition coefficient (Wildman–Crippen LogP) is 2.95. The summed E-state index contributed by atoms with van der Waals surface area (Å²) in [6, 6.07) is 15.8. The van der Waals surface area contributed by atoms with Gasteiger partial charge in [-0.25, -0.2) is 0 Å². The molecule has 5 nitrogen and oxygen atoms in total. The van der Waals surface area contributed by atoms with Gasteiger partial charge in [0.2, 0.25) is 5.91 Å². The van der Waals surface area contributed by atoms with Gasteiger partial charge in [-0.3, -0.25) is 9.69 Å². The maximum Gasteiger partial charge on any atom is 0.234 e. The van der Waals surface area contributed by atoms with E-state index in [-0.39, 0.29) is 17.7 Å². The lowest BCUT2D eigenvalue weighted by Crippen LogP contribution is -2.49. The third-order valence-corrected chi connectivity index (χ3v) is 5.22. The fourth-order valence-electron chi connectivity index (χ4n) is 3.44. The summed E-state index contributed by atoms with van der Waals surface area (Å²) in [5.74, 6) is 0.354. The van der Waals surface area contributed by atoms with Crippen molar-refractivity contribution in [3.8, 4) is 5.75 Å². The van der Waals surface area contributed by atoms with E-state index < -0.39 is 0 Å². The molecule has 2 N–H and O–H groups in total. The number of hydrogen-bond donors (Lipinski definition) is 2. The molecule has 2 aromatic carbocycles. The van der Waals surface area contributed by atoms with Gasteiger partial charge in [0.05, 0.1) is 12.6 Å². The first-order valence-electron chi connectivity index (χ1n) is 9.69. The van der Waals surface area contributed by atoms with E-state index in [0.717, 1.165) is 43.9 Å². The number of phenols is 1. The molecule has 0 saturated carbocycles. The Bertz CT molecular complexity index is 735. The minimum atomic E-state index is 0.0155. The molecule has 0 bridgehead atoms. The fourth-order valence-corrected chi connectivity index (χ4v) is 3.44. The van der Waals surface area contributed by atoms with Gasteiger partial charge in [-0.05, 0) is 48.7 Å². The number of hydrogen-bond acceptors (Lipinski definition) is 4. The van der Waals surface area contributed by atoms with Crippen molar-refractivity contribution in [3.63, 3.8) is 0 Å². The number of nitrogens with zero attached hydrogens (tertiary/aromatic N) is 2. The Hall–Kier alpha value is -2.53. The molecule has 5 heteroatoms. The quantitative estimate of drug-likeness (QED) is 0.824. The van der Waals surface area contributed by atoms with E-state index in [0.29, 0.717) is 6.54 Å². The van der Waals surface area contributed by atoms with Gasteiger partial charge >= 0.3 is 0 Å². The van der Waals surface area contributed by atoms with Crippen LogP contribution in [0.15, 0.2) is 48.5 Å². The Morgan fingerprint density at radius 2 is 1.67 bits per heavy atom. The second-order valence-corrected chi connectivity index (χ2v) is 7.16. The van der Waals surface area contributed by atoms with Crippen LogP contribution in [0.2, 0.25) is 0 Å². The van der Waals surface area contributed by atoms with Gasteiger partial charge in [0.15, 0.2) is 0 Å². The molecular formula is C22H29N3O2. The Kier molecular flexibility index (Phi) is 6.35. The molecular weight excluding hydrogens is 338 g/mol. The molecule has 0 aliphatic carbocycles. The molecule has 144 valence electrons. The lowest BCUT2D eigenvalue weighted by atomic mass is 10.1. The minimum absolute atomic E-state index is 0.0155. The number of amides is 1. The maximum atomic E-state index is 12.4. The van der Waals surface area contributed by atoms with Crippen molar-refractivity contribution < 1.29 is 9.90 Å². The van der Waals surface area contributed by atoms with Gasteiger partial charge in [0.25, 0.3) is 0 Å². The highest BCUT2D eigenvalue weighted by Gasteiger charge is 2.20. The van der Waals surface area contributed by atoms with Crippen LogP contribution in [0.25, 0.3) is 0 Å². The van der Waals surface area contributed by atoms with Crippen molar-refractivity contribution in [1.29, 1.82) is 0 Å². The van der Waals surface area contributed by atoms with Gasteiger partial charge < -0.3 is 15.3 Å². The highest BCUT2D eigenvalue weighted by molar-refractivity contribution is 5.78. The van der Waals surface area contributed by atoms with Crippen LogP contribution in [-0.2, 0) is 11.2 Å². The molecule has 0 radical (unpaired) electrons. The van der Waals surface area contributed by atoms with E-state index in [4.69, 9.17) is 0 Å². The summed E-state index contributed by atoms with van der Waals surface area (Å²) in [6.07, 6.45) is 1.02. The average Bonchev–Trinajstić information content (AvgIpc) is 2.69. The molecule has 3 rings (SSSR count). The first-order valence-corrected chi connectivity index (χ1v) is 9.69. The SMILES string of the molecule is CCc1ccc(C(C)NC(=O)CN2CCN(c3ccc(O)cc3)CC2)cc1. The molecule has 0 aromatic heterocycles. The summed E-state index contributed by atoms with van der Waals surface area (Å²) < 4.78 is 0. The zero-order valence-electron chi connectivity index (χ0n) is 16.2. The van der Waals surface area contributed by atoms with Crippen molar-refractivity contribution in [2.24, 2.45) is 0 Å². The van der Waals surface area contributed by atoms with E-state index in [2.05, 4.69) is 46.3 Å². The van der Waals surface area contributed by atoms with E-state index in [9.17, 15) is 9.90 Å². The Balaban J connectivity index is 1.45. The van der Waals surface area contributed by atoms with Gasteiger partial charge in [-0.2, -0.15) is 0 Å². The number of anilines is 1. The summed E-state index contributed by atoms with van der Waals surface area (Å²) in [5.41, 5.74) is 3.56. The number of phenolic OH excluding ortho intramolecular Hbond substituents is 1. The number of aromatic hydroxyl groups is 1. The lowest BCUT2D eigenvalue weighted by Gasteiger charge is -2.35. The topological polar surface area (TPSA) is 55.8 Å². The number of carbonyl (C=O) groups is 1. The number of benzene rings is 2. The highest BCUT2D eigenvalue weighted by Crippen LogP contribution is 2.20. The summed E-state index contributed by atoms with van der Waals surface area (Å²) >= 11 is 0. The van der Waals surface area contributed by atoms with Crippen LogP contribution in [0.5, 0.6) is 5.75 Å². The van der Waals surface area contributed by atoms with Crippen LogP contribution in [-0.4, -0.2) is 48.6 Å². The largest absolute Gasteiger partial charge is 0.508 e. The van der Waals surface area contributed by atoms with Crippen molar-refractivity contribution in [3.05, 3.63) is 59.7 Å². The highest BCUT2D eigenvalue weighted by atomic mass is 16.3. The Morgan fingerprint density at radius 1 is 1.04 bits per heavy atom. The molecule has 1 unspecified atom stereocenters. The molecule has 2 aromatic rings. The molecule has 1 saturated heterocycles. The van der Waals surface area contributed by atoms with Gasteiger partial charge in [0.1, 0.15) is 5.75 Å². The second-order valence-electron chi connectivity index (χ2n) is 7.16. The average molecular weight is 367 g/mol. The zero-order valence-corrected chi connectivity index (χ0v) is 16.2. The van der Waals surface area contributed by atoms with Crippen LogP contribution >= 0.6 is 0 Å². The molecule has 1 aliphatic heterocycles. The Labute approximate surface area is 161 Å². The molecule has 1 atom stereocenters. The third kappa shape index (κ3) is 5.23. The van der Waals surface area contributed by atoms with E-state index in [1.165, 1.54) is 5.56 Å². The summed E-state index contributed by atoms with van der Waals surface area (Å²) in [6.45, 7) is 8.07. The first kappa shape index (κ1) is 19.2. The number of carbonyl (C=O) groups excluding carboxylic acids is 1. The maximum absolute atomic E-state index is 12.4. The van der Waals surface area contributed by atoms with Gasteiger partial charge in [-0.1, -0.05) is 31.2 Å². The van der Waals surface area contributed by atoms with Gasteiger partial charge in [-0.15, -0.1) is 0 Å². The second kappa shape index (κ2) is 8.91. The summed E-state index contributed by atoms with van der Waals surface area (Å²) in [4.78, 5) is 16.9. The molecule has 1 aliphatic rings. The van der Waals surface area contributed by atoms with Crippen molar-refractivity contribution in [1.82, 2.24) is 10.2 Å². The van der Waals surface area contributed by atoms with Crippen LogP contribution < -0.4 is 10.2 Å². The third-order valence-electron chi connectivity index (χ3n) is 5.22. The number of nitrogens with one attached hydrogen (secondary N) is 1. The van der Waals surface area contributed by atoms with Crippen LogP contribution in [0.3, 0.4) is 0 Å². The summed E-state index contributed by atoms with van der Waals surface area (Å²) in [5, 5.41) is 12.5. The van der Waals surface area contributed by atoms with Crippen LogP contribution in [0, 0.1) is 0 Å². The minimum Gasteiger partial charge on any atom is -0.508 e. The molecule has 27 heavy (non-hydrogen) atoms. The van der Waals surface area contributed by atoms with Gasteiger partial charge in [0, 0.05) is 31.9 Å². The Morgan fingerprint density at radius 3 is 2.26 bits per heavy atom. The lowest BCUT2D eigenvalue weighted by molar-refractivity contribution is -0.123. The standard InChI is InChI=1S/C22H29N3O2/c1-3-18-4-6-19(7-5-18)17(2)23-22(27)16-24-12-14-25(15-13-24)20-8-10-21(26)11-9-20/h4-11,17,26H,3,12-16H2,1-2H3,(H,23,27). The predicted molar refractivity (Wildman–Crippen MR) is 109 cm³/mol. The van der Waals surface area contributed by atoms with Crippen LogP contribution in [0.1, 0.15) is 31.0 Å². The molecule has 0 spiro atoms. The van der Waals surface area contributed by atoms with Crippen LogP contribution in [0.4, 0.5) is 5.69 Å². The normalized spacial score (nSPS) is 16.1. The van der Waals surface area contributed by atoms with Crippen molar-refractivity contribution in [2.45, 2.75) is 26.3 Å². The number of rotatable bonds is 6. The fraction of sp³-hybridized carbons (Fsp3) is 0.409.